The van der Waals surface area contributed by atoms with Crippen LogP contribution in [0.15, 0.2) is 24.5 Å². The first-order valence-corrected chi connectivity index (χ1v) is 7.55. The molecule has 1 aliphatic rings. The van der Waals surface area contributed by atoms with Gasteiger partial charge in [-0.2, -0.15) is 0 Å². The average Bonchev–Trinajstić information content (AvgIpc) is 3.08. The number of nitrogens with zero attached hydrogens (tertiary/aromatic N) is 1. The first kappa shape index (κ1) is 12.7. The van der Waals surface area contributed by atoms with Gasteiger partial charge in [-0.25, -0.2) is 4.98 Å². The summed E-state index contributed by atoms with van der Waals surface area (Å²) in [5, 5.41) is 4.80. The van der Waals surface area contributed by atoms with Gasteiger partial charge in [-0.15, -0.1) is 0 Å². The van der Waals surface area contributed by atoms with Gasteiger partial charge in [0.1, 0.15) is 5.65 Å². The van der Waals surface area contributed by atoms with Crippen molar-refractivity contribution in [1.29, 1.82) is 0 Å². The molecule has 3 rings (SSSR count). The molecule has 2 N–H and O–H groups in total. The zero-order chi connectivity index (χ0) is 12.9. The van der Waals surface area contributed by atoms with Gasteiger partial charge in [0, 0.05) is 24.3 Å². The van der Waals surface area contributed by atoms with Crippen molar-refractivity contribution in [2.24, 2.45) is 5.92 Å². The molecular formula is C16H23N3. The van der Waals surface area contributed by atoms with Crippen molar-refractivity contribution >= 4 is 11.0 Å². The van der Waals surface area contributed by atoms with Gasteiger partial charge in [-0.3, -0.25) is 0 Å². The van der Waals surface area contributed by atoms with E-state index in [2.05, 4.69) is 27.5 Å². The SMILES string of the molecule is c1cnc2[nH]cc(CNCCCC3CCCC3)c2c1. The molecule has 0 radical (unpaired) electrons. The molecule has 0 spiro atoms. The predicted octanol–water partition coefficient (Wildman–Crippen LogP) is 3.62. The first-order chi connectivity index (χ1) is 9.43. The number of aromatic amines is 1. The van der Waals surface area contributed by atoms with E-state index in [1.54, 1.807) is 0 Å². The third-order valence-electron chi connectivity index (χ3n) is 4.29. The van der Waals surface area contributed by atoms with E-state index in [4.69, 9.17) is 0 Å². The lowest BCUT2D eigenvalue weighted by atomic mass is 10.0. The number of pyridine rings is 1. The number of nitrogens with one attached hydrogen (secondary N) is 2. The van der Waals surface area contributed by atoms with Crippen LogP contribution in [0.2, 0.25) is 0 Å². The molecule has 3 heteroatoms. The molecule has 0 aromatic carbocycles. The van der Waals surface area contributed by atoms with Crippen molar-refractivity contribution in [3.8, 4) is 0 Å². The summed E-state index contributed by atoms with van der Waals surface area (Å²) >= 11 is 0. The van der Waals surface area contributed by atoms with Crippen molar-refractivity contribution in [2.45, 2.75) is 45.1 Å². The Balaban J connectivity index is 1.42. The minimum absolute atomic E-state index is 0.941. The number of rotatable bonds is 6. The quantitative estimate of drug-likeness (QED) is 0.776. The molecule has 2 heterocycles. The Morgan fingerprint density at radius 2 is 2.21 bits per heavy atom. The van der Waals surface area contributed by atoms with E-state index >= 15 is 0 Å². The maximum Gasteiger partial charge on any atom is 0.137 e. The summed E-state index contributed by atoms with van der Waals surface area (Å²) in [6.45, 7) is 2.07. The van der Waals surface area contributed by atoms with Crippen molar-refractivity contribution < 1.29 is 0 Å². The fourth-order valence-corrected chi connectivity index (χ4v) is 3.20. The van der Waals surface area contributed by atoms with E-state index in [0.717, 1.165) is 24.7 Å². The average molecular weight is 257 g/mol. The van der Waals surface area contributed by atoms with E-state index < -0.39 is 0 Å². The number of H-pyrrole nitrogens is 1. The fourth-order valence-electron chi connectivity index (χ4n) is 3.20. The molecule has 0 saturated heterocycles. The molecule has 102 valence electrons. The normalized spacial score (nSPS) is 16.4. The van der Waals surface area contributed by atoms with Crippen LogP contribution in [0, 0.1) is 5.92 Å². The van der Waals surface area contributed by atoms with Crippen LogP contribution in [-0.4, -0.2) is 16.5 Å². The highest BCUT2D eigenvalue weighted by Gasteiger charge is 2.13. The Hall–Kier alpha value is -1.35. The number of hydrogen-bond acceptors (Lipinski definition) is 2. The van der Waals surface area contributed by atoms with Gasteiger partial charge in [-0.05, 0) is 43.0 Å². The highest BCUT2D eigenvalue weighted by molar-refractivity contribution is 5.79. The van der Waals surface area contributed by atoms with Crippen molar-refractivity contribution in [3.63, 3.8) is 0 Å². The Morgan fingerprint density at radius 1 is 1.32 bits per heavy atom. The lowest BCUT2D eigenvalue weighted by molar-refractivity contribution is 0.470. The molecule has 19 heavy (non-hydrogen) atoms. The van der Waals surface area contributed by atoms with Crippen LogP contribution >= 0.6 is 0 Å². The highest BCUT2D eigenvalue weighted by Crippen LogP contribution is 2.28. The minimum atomic E-state index is 0.941. The maximum atomic E-state index is 4.32. The van der Waals surface area contributed by atoms with E-state index in [-0.39, 0.29) is 0 Å². The Bertz CT molecular complexity index is 511. The van der Waals surface area contributed by atoms with E-state index in [1.807, 2.05) is 12.3 Å². The lowest BCUT2D eigenvalue weighted by Gasteiger charge is -2.08. The summed E-state index contributed by atoms with van der Waals surface area (Å²) in [5.41, 5.74) is 2.31. The standard InChI is InChI=1S/C16H23N3/c1-2-6-13(5-1)7-3-9-17-11-14-12-19-16-15(14)8-4-10-18-16/h4,8,10,12-13,17H,1-3,5-7,9,11H2,(H,18,19). The van der Waals surface area contributed by atoms with Gasteiger partial charge in [0.05, 0.1) is 0 Å². The van der Waals surface area contributed by atoms with Crippen LogP contribution in [-0.2, 0) is 6.54 Å². The molecule has 0 unspecified atom stereocenters. The van der Waals surface area contributed by atoms with Crippen molar-refractivity contribution in [1.82, 2.24) is 15.3 Å². The molecule has 0 bridgehead atoms. The number of hydrogen-bond donors (Lipinski definition) is 2. The molecule has 2 aromatic heterocycles. The second-order valence-corrected chi connectivity index (χ2v) is 5.68. The largest absolute Gasteiger partial charge is 0.346 e. The van der Waals surface area contributed by atoms with Gasteiger partial charge in [0.25, 0.3) is 0 Å². The molecule has 1 saturated carbocycles. The molecular weight excluding hydrogens is 234 g/mol. The summed E-state index contributed by atoms with van der Waals surface area (Å²) in [6.07, 6.45) is 12.5. The van der Waals surface area contributed by atoms with Crippen LogP contribution in [0.1, 0.15) is 44.1 Å². The molecule has 0 atom stereocenters. The maximum absolute atomic E-state index is 4.32. The van der Waals surface area contributed by atoms with Crippen molar-refractivity contribution in [3.05, 3.63) is 30.1 Å². The Morgan fingerprint density at radius 3 is 3.11 bits per heavy atom. The second kappa shape index (κ2) is 6.20. The molecule has 2 aromatic rings. The van der Waals surface area contributed by atoms with Gasteiger partial charge in [0.15, 0.2) is 0 Å². The molecule has 1 aliphatic carbocycles. The van der Waals surface area contributed by atoms with E-state index in [9.17, 15) is 0 Å². The summed E-state index contributed by atoms with van der Waals surface area (Å²) in [7, 11) is 0. The van der Waals surface area contributed by atoms with Gasteiger partial charge < -0.3 is 10.3 Å². The summed E-state index contributed by atoms with van der Waals surface area (Å²) in [6, 6.07) is 4.13. The van der Waals surface area contributed by atoms with Gasteiger partial charge >= 0.3 is 0 Å². The topological polar surface area (TPSA) is 40.7 Å². The summed E-state index contributed by atoms with van der Waals surface area (Å²) in [5.74, 6) is 1.01. The van der Waals surface area contributed by atoms with E-state index in [0.29, 0.717) is 0 Å². The smallest absolute Gasteiger partial charge is 0.137 e. The van der Waals surface area contributed by atoms with Crippen LogP contribution in [0.4, 0.5) is 0 Å². The zero-order valence-electron chi connectivity index (χ0n) is 11.5. The monoisotopic (exact) mass is 257 g/mol. The fraction of sp³-hybridized carbons (Fsp3) is 0.562. The first-order valence-electron chi connectivity index (χ1n) is 7.55. The zero-order valence-corrected chi connectivity index (χ0v) is 11.5. The summed E-state index contributed by atoms with van der Waals surface area (Å²) in [4.78, 5) is 7.54. The predicted molar refractivity (Wildman–Crippen MR) is 79.0 cm³/mol. The van der Waals surface area contributed by atoms with Crippen molar-refractivity contribution in [2.75, 3.05) is 6.54 Å². The second-order valence-electron chi connectivity index (χ2n) is 5.68. The van der Waals surface area contributed by atoms with Crippen LogP contribution in [0.5, 0.6) is 0 Å². The Kier molecular flexibility index (Phi) is 4.13. The number of aromatic nitrogens is 2. The third kappa shape index (κ3) is 3.16. The van der Waals surface area contributed by atoms with E-state index in [1.165, 1.54) is 49.5 Å². The molecule has 1 fully saturated rings. The highest BCUT2D eigenvalue weighted by atomic mass is 14.9. The van der Waals surface area contributed by atoms with Crippen LogP contribution < -0.4 is 5.32 Å². The minimum Gasteiger partial charge on any atom is -0.346 e. The number of fused-ring (bicyclic) bond motifs is 1. The molecule has 3 nitrogen and oxygen atoms in total. The summed E-state index contributed by atoms with van der Waals surface area (Å²) < 4.78 is 0. The Labute approximate surface area is 114 Å². The van der Waals surface area contributed by atoms with Gasteiger partial charge in [0.2, 0.25) is 0 Å². The van der Waals surface area contributed by atoms with Crippen LogP contribution in [0.3, 0.4) is 0 Å². The molecule has 0 amide bonds. The molecule has 0 aliphatic heterocycles. The van der Waals surface area contributed by atoms with Crippen LogP contribution in [0.25, 0.3) is 11.0 Å². The lowest BCUT2D eigenvalue weighted by Crippen LogP contribution is -2.15. The third-order valence-corrected chi connectivity index (χ3v) is 4.29. The van der Waals surface area contributed by atoms with Gasteiger partial charge in [-0.1, -0.05) is 25.7 Å².